The first-order valence-corrected chi connectivity index (χ1v) is 7.33. The van der Waals surface area contributed by atoms with Gasteiger partial charge in [-0.3, -0.25) is 9.89 Å². The normalized spacial score (nSPS) is 47.1. The van der Waals surface area contributed by atoms with Crippen LogP contribution in [0.1, 0.15) is 19.3 Å². The highest BCUT2D eigenvalue weighted by molar-refractivity contribution is 6.02. The smallest absolute Gasteiger partial charge is 0.0482 e. The molecule has 4 bridgehead atoms. The number of fused-ring (bicyclic) bond motifs is 3. The molecule has 1 saturated heterocycles. The summed E-state index contributed by atoms with van der Waals surface area (Å²) >= 11 is 0. The number of hydrogen-bond acceptors (Lipinski definition) is 2. The molecule has 5 atom stereocenters. The molecule has 18 heavy (non-hydrogen) atoms. The first kappa shape index (κ1) is 9.74. The van der Waals surface area contributed by atoms with Gasteiger partial charge in [-0.2, -0.15) is 0 Å². The highest BCUT2D eigenvalue weighted by Crippen LogP contribution is 2.51. The second-order valence-corrected chi connectivity index (χ2v) is 6.33. The van der Waals surface area contributed by atoms with Crippen LogP contribution < -0.4 is 0 Å². The summed E-state index contributed by atoms with van der Waals surface area (Å²) in [4.78, 5) is 7.77. The van der Waals surface area contributed by atoms with Crippen molar-refractivity contribution >= 4 is 5.71 Å². The topological polar surface area (TPSA) is 15.6 Å². The van der Waals surface area contributed by atoms with Crippen molar-refractivity contribution in [2.24, 2.45) is 22.7 Å². The van der Waals surface area contributed by atoms with Crippen LogP contribution in [0, 0.1) is 17.8 Å². The summed E-state index contributed by atoms with van der Waals surface area (Å²) < 4.78 is 0. The Morgan fingerprint density at radius 3 is 3.17 bits per heavy atom. The zero-order valence-corrected chi connectivity index (χ0v) is 10.5. The van der Waals surface area contributed by atoms with Gasteiger partial charge in [0.2, 0.25) is 0 Å². The van der Waals surface area contributed by atoms with E-state index in [0.29, 0.717) is 11.8 Å². The summed E-state index contributed by atoms with van der Waals surface area (Å²) in [5.41, 5.74) is 4.56. The third kappa shape index (κ3) is 1.06. The number of rotatable bonds is 0. The summed E-state index contributed by atoms with van der Waals surface area (Å²) in [6.07, 6.45) is 13.0. The lowest BCUT2D eigenvalue weighted by molar-refractivity contribution is 0.207. The summed E-state index contributed by atoms with van der Waals surface area (Å²) in [5, 5.41) is 0. The summed E-state index contributed by atoms with van der Waals surface area (Å²) in [5.74, 6) is 2.10. The Hall–Kier alpha value is -1.15. The second-order valence-electron chi connectivity index (χ2n) is 6.33. The zero-order valence-electron chi connectivity index (χ0n) is 10.5. The molecule has 5 unspecified atom stereocenters. The lowest BCUT2D eigenvalue weighted by atomic mass is 9.82. The second kappa shape index (κ2) is 3.24. The Kier molecular flexibility index (Phi) is 1.75. The first-order chi connectivity index (χ1) is 8.92. The molecule has 2 nitrogen and oxygen atoms in total. The van der Waals surface area contributed by atoms with E-state index in [-0.39, 0.29) is 0 Å². The average molecular weight is 238 g/mol. The SMILES string of the molecule is C1=CC2=NC3=C4C5CCC4N(CCC3C2C=C1)C5. The minimum absolute atomic E-state index is 0.581. The van der Waals surface area contributed by atoms with Crippen LogP contribution in [-0.4, -0.2) is 29.7 Å². The van der Waals surface area contributed by atoms with Gasteiger partial charge in [0.25, 0.3) is 0 Å². The predicted octanol–water partition coefficient (Wildman–Crippen LogP) is 2.55. The van der Waals surface area contributed by atoms with Gasteiger partial charge < -0.3 is 0 Å². The molecular weight excluding hydrogens is 220 g/mol. The van der Waals surface area contributed by atoms with Gasteiger partial charge in [0.15, 0.2) is 0 Å². The van der Waals surface area contributed by atoms with Gasteiger partial charge in [0.05, 0.1) is 0 Å². The third-order valence-corrected chi connectivity index (χ3v) is 5.58. The van der Waals surface area contributed by atoms with Gasteiger partial charge in [-0.1, -0.05) is 18.2 Å². The van der Waals surface area contributed by atoms with Crippen molar-refractivity contribution in [3.63, 3.8) is 0 Å². The van der Waals surface area contributed by atoms with Crippen LogP contribution in [0.15, 0.2) is 40.6 Å². The van der Waals surface area contributed by atoms with E-state index in [9.17, 15) is 0 Å². The Labute approximate surface area is 108 Å². The Morgan fingerprint density at radius 2 is 2.17 bits per heavy atom. The molecule has 2 fully saturated rings. The van der Waals surface area contributed by atoms with Crippen LogP contribution in [0.4, 0.5) is 0 Å². The highest BCUT2D eigenvalue weighted by Gasteiger charge is 2.49. The van der Waals surface area contributed by atoms with Crippen LogP contribution in [0.5, 0.6) is 0 Å². The van der Waals surface area contributed by atoms with E-state index in [1.807, 2.05) is 0 Å². The number of piperidine rings is 1. The van der Waals surface area contributed by atoms with Crippen LogP contribution >= 0.6 is 0 Å². The van der Waals surface area contributed by atoms with Crippen molar-refractivity contribution in [2.45, 2.75) is 25.3 Å². The Balaban J connectivity index is 1.71. The quantitative estimate of drug-likeness (QED) is 0.633. The van der Waals surface area contributed by atoms with Crippen LogP contribution in [0.3, 0.4) is 0 Å². The first-order valence-electron chi connectivity index (χ1n) is 7.33. The van der Waals surface area contributed by atoms with Gasteiger partial charge in [-0.05, 0) is 43.4 Å². The van der Waals surface area contributed by atoms with E-state index in [1.54, 1.807) is 5.57 Å². The number of allylic oxidation sites excluding steroid dienone is 5. The van der Waals surface area contributed by atoms with Crippen molar-refractivity contribution in [3.8, 4) is 0 Å². The van der Waals surface area contributed by atoms with Gasteiger partial charge in [-0.25, -0.2) is 0 Å². The van der Waals surface area contributed by atoms with E-state index < -0.39 is 0 Å². The molecule has 5 aliphatic rings. The molecule has 0 N–H and O–H groups in total. The number of nitrogens with zero attached hydrogens (tertiary/aromatic N) is 2. The molecule has 0 aromatic carbocycles. The van der Waals surface area contributed by atoms with Crippen LogP contribution in [0.2, 0.25) is 0 Å². The van der Waals surface area contributed by atoms with E-state index in [2.05, 4.69) is 29.2 Å². The number of hydrogen-bond donors (Lipinski definition) is 0. The molecule has 3 aliphatic heterocycles. The maximum atomic E-state index is 5.04. The molecule has 3 heterocycles. The zero-order chi connectivity index (χ0) is 11.7. The monoisotopic (exact) mass is 238 g/mol. The van der Waals surface area contributed by atoms with Gasteiger partial charge in [0.1, 0.15) is 0 Å². The largest absolute Gasteiger partial charge is 0.296 e. The van der Waals surface area contributed by atoms with E-state index in [0.717, 1.165) is 12.0 Å². The maximum Gasteiger partial charge on any atom is 0.0482 e. The molecule has 2 heteroatoms. The third-order valence-electron chi connectivity index (χ3n) is 5.58. The van der Waals surface area contributed by atoms with E-state index in [1.165, 1.54) is 43.8 Å². The van der Waals surface area contributed by atoms with Crippen molar-refractivity contribution in [3.05, 3.63) is 35.6 Å². The van der Waals surface area contributed by atoms with Crippen molar-refractivity contribution < 1.29 is 0 Å². The van der Waals surface area contributed by atoms with Gasteiger partial charge in [-0.15, -0.1) is 0 Å². The molecule has 2 aliphatic carbocycles. The maximum absolute atomic E-state index is 5.04. The lowest BCUT2D eigenvalue weighted by Gasteiger charge is -2.27. The van der Waals surface area contributed by atoms with Crippen molar-refractivity contribution in [1.29, 1.82) is 0 Å². The fourth-order valence-corrected chi connectivity index (χ4v) is 4.84. The Morgan fingerprint density at radius 1 is 1.17 bits per heavy atom. The fourth-order valence-electron chi connectivity index (χ4n) is 4.84. The van der Waals surface area contributed by atoms with Gasteiger partial charge in [0, 0.05) is 35.8 Å². The van der Waals surface area contributed by atoms with Crippen LogP contribution in [0.25, 0.3) is 0 Å². The summed E-state index contributed by atoms with van der Waals surface area (Å²) in [6, 6.07) is 0.757. The molecular formula is C16H18N2. The standard InChI is InChI=1S/C16H18N2/c1-2-4-13-11(3-1)12-7-8-18-9-10-5-6-14(18)15(10)16(12)17-13/h1-4,10-12,14H,5-9H2. The minimum Gasteiger partial charge on any atom is -0.296 e. The Bertz CT molecular complexity index is 537. The van der Waals surface area contributed by atoms with Gasteiger partial charge >= 0.3 is 0 Å². The molecule has 0 aromatic heterocycles. The molecule has 0 radical (unpaired) electrons. The van der Waals surface area contributed by atoms with Crippen LogP contribution in [-0.2, 0) is 0 Å². The lowest BCUT2D eigenvalue weighted by Crippen LogP contribution is -2.33. The average Bonchev–Trinajstić information content (AvgIpc) is 3.01. The van der Waals surface area contributed by atoms with E-state index in [4.69, 9.17) is 4.99 Å². The molecule has 0 spiro atoms. The summed E-state index contributed by atoms with van der Waals surface area (Å²) in [6.45, 7) is 2.60. The van der Waals surface area contributed by atoms with Crippen molar-refractivity contribution in [1.82, 2.24) is 4.90 Å². The van der Waals surface area contributed by atoms with Crippen molar-refractivity contribution in [2.75, 3.05) is 13.1 Å². The highest BCUT2D eigenvalue weighted by atomic mass is 15.2. The molecule has 0 aromatic rings. The summed E-state index contributed by atoms with van der Waals surface area (Å²) in [7, 11) is 0. The predicted molar refractivity (Wildman–Crippen MR) is 72.4 cm³/mol. The minimum atomic E-state index is 0.581. The number of aliphatic imine (C=N–C) groups is 1. The van der Waals surface area contributed by atoms with E-state index >= 15 is 0 Å². The molecule has 1 saturated carbocycles. The molecule has 92 valence electrons. The molecule has 5 rings (SSSR count). The molecule has 0 amide bonds. The fraction of sp³-hybridized carbons (Fsp3) is 0.562.